The van der Waals surface area contributed by atoms with Crippen LogP contribution in [0.15, 0.2) is 59.5 Å². The molecule has 1 fully saturated rings. The number of hydrogen-bond acceptors (Lipinski definition) is 4. The highest BCUT2D eigenvalue weighted by atomic mass is 32.2. The monoisotopic (exact) mass is 429 g/mol. The molecule has 160 valence electrons. The summed E-state index contributed by atoms with van der Waals surface area (Å²) in [5.41, 5.74) is 1.57. The van der Waals surface area contributed by atoms with Crippen molar-refractivity contribution in [3.05, 3.63) is 60.2 Å². The molecular formula is C22H27N3O4S. The molecule has 30 heavy (non-hydrogen) atoms. The average Bonchev–Trinajstić information content (AvgIpc) is 2.74. The van der Waals surface area contributed by atoms with E-state index in [-0.39, 0.29) is 29.2 Å². The smallest absolute Gasteiger partial charge is 0.243 e. The lowest BCUT2D eigenvalue weighted by molar-refractivity contribution is -0.135. The Bertz CT molecular complexity index is 991. The molecule has 1 aliphatic heterocycles. The molecule has 0 aromatic heterocycles. The zero-order valence-electron chi connectivity index (χ0n) is 17.2. The van der Waals surface area contributed by atoms with Crippen molar-refractivity contribution in [2.75, 3.05) is 25.5 Å². The van der Waals surface area contributed by atoms with Crippen molar-refractivity contribution in [3.8, 4) is 0 Å². The summed E-state index contributed by atoms with van der Waals surface area (Å²) in [4.78, 5) is 25.9. The highest BCUT2D eigenvalue weighted by Gasteiger charge is 2.34. The third-order valence-electron chi connectivity index (χ3n) is 5.18. The lowest BCUT2D eigenvalue weighted by atomic mass is 9.98. The minimum absolute atomic E-state index is 0.0419. The van der Waals surface area contributed by atoms with E-state index in [1.165, 1.54) is 23.4 Å². The summed E-state index contributed by atoms with van der Waals surface area (Å²) >= 11 is 0. The molecule has 3 rings (SSSR count). The van der Waals surface area contributed by atoms with Crippen LogP contribution in [0.25, 0.3) is 0 Å². The molecule has 1 saturated heterocycles. The number of amides is 2. The molecule has 1 N–H and O–H groups in total. The molecule has 0 bridgehead atoms. The Labute approximate surface area is 177 Å². The molecule has 1 atom stereocenters. The van der Waals surface area contributed by atoms with E-state index in [4.69, 9.17) is 0 Å². The lowest BCUT2D eigenvalue weighted by Gasteiger charge is -2.33. The number of anilines is 1. The Balaban J connectivity index is 1.68. The van der Waals surface area contributed by atoms with E-state index in [0.29, 0.717) is 31.6 Å². The van der Waals surface area contributed by atoms with Gasteiger partial charge in [-0.25, -0.2) is 8.42 Å². The second-order valence-corrected chi connectivity index (χ2v) is 9.53. The Morgan fingerprint density at radius 3 is 2.40 bits per heavy atom. The van der Waals surface area contributed by atoms with Crippen LogP contribution in [0.3, 0.4) is 0 Å². The van der Waals surface area contributed by atoms with Gasteiger partial charge in [0.15, 0.2) is 0 Å². The molecule has 0 saturated carbocycles. The molecule has 1 aliphatic rings. The summed E-state index contributed by atoms with van der Waals surface area (Å²) < 4.78 is 27.5. The van der Waals surface area contributed by atoms with Crippen molar-refractivity contribution in [1.29, 1.82) is 0 Å². The summed E-state index contributed by atoms with van der Waals surface area (Å²) in [7, 11) is -1.95. The first kappa shape index (κ1) is 22.0. The molecule has 7 nitrogen and oxygen atoms in total. The third kappa shape index (κ3) is 5.25. The van der Waals surface area contributed by atoms with Gasteiger partial charge in [0, 0.05) is 39.3 Å². The first-order valence-electron chi connectivity index (χ1n) is 9.94. The summed E-state index contributed by atoms with van der Waals surface area (Å²) in [6.45, 7) is 2.45. The molecule has 8 heteroatoms. The van der Waals surface area contributed by atoms with Crippen LogP contribution >= 0.6 is 0 Å². The molecule has 2 amide bonds. The van der Waals surface area contributed by atoms with E-state index >= 15 is 0 Å². The summed E-state index contributed by atoms with van der Waals surface area (Å²) in [6, 6.07) is 15.8. The van der Waals surface area contributed by atoms with Gasteiger partial charge in [-0.2, -0.15) is 4.31 Å². The van der Waals surface area contributed by atoms with Crippen LogP contribution in [0, 0.1) is 5.92 Å². The lowest BCUT2D eigenvalue weighted by Crippen LogP contribution is -2.45. The molecule has 2 aromatic carbocycles. The largest absolute Gasteiger partial charge is 0.341 e. The van der Waals surface area contributed by atoms with E-state index in [0.717, 1.165) is 5.56 Å². The maximum atomic E-state index is 13.1. The fraction of sp³-hybridized carbons (Fsp3) is 0.364. The van der Waals surface area contributed by atoms with Gasteiger partial charge in [0.25, 0.3) is 0 Å². The van der Waals surface area contributed by atoms with Gasteiger partial charge >= 0.3 is 0 Å². The minimum Gasteiger partial charge on any atom is -0.341 e. The summed E-state index contributed by atoms with van der Waals surface area (Å²) in [5.74, 6) is -0.622. The van der Waals surface area contributed by atoms with Gasteiger partial charge in [0.1, 0.15) is 0 Å². The number of nitrogens with one attached hydrogen (secondary N) is 1. The van der Waals surface area contributed by atoms with Gasteiger partial charge in [-0.05, 0) is 42.7 Å². The van der Waals surface area contributed by atoms with E-state index in [2.05, 4.69) is 5.32 Å². The zero-order valence-corrected chi connectivity index (χ0v) is 18.1. The molecule has 1 heterocycles. The van der Waals surface area contributed by atoms with Crippen molar-refractivity contribution in [1.82, 2.24) is 9.21 Å². The standard InChI is InChI=1S/C22H27N3O4S/c1-17(26)23-20-10-12-21(13-11-20)30(28,29)25-14-6-9-19(16-25)22(27)24(2)15-18-7-4-3-5-8-18/h3-5,7-8,10-13,19H,6,9,14-16H2,1-2H3,(H,23,26). The van der Waals surface area contributed by atoms with Crippen LogP contribution in [-0.4, -0.2) is 49.6 Å². The maximum absolute atomic E-state index is 13.1. The Kier molecular flexibility index (Phi) is 6.89. The van der Waals surface area contributed by atoms with Crippen LogP contribution in [0.5, 0.6) is 0 Å². The quantitative estimate of drug-likeness (QED) is 0.765. The molecule has 0 aliphatic carbocycles. The number of hydrogen-bond donors (Lipinski definition) is 1. The van der Waals surface area contributed by atoms with Crippen molar-refractivity contribution >= 4 is 27.5 Å². The first-order valence-corrected chi connectivity index (χ1v) is 11.4. The maximum Gasteiger partial charge on any atom is 0.243 e. The molecule has 1 unspecified atom stereocenters. The number of rotatable bonds is 6. The van der Waals surface area contributed by atoms with Crippen molar-refractivity contribution in [3.63, 3.8) is 0 Å². The molecular weight excluding hydrogens is 402 g/mol. The van der Waals surface area contributed by atoms with Crippen molar-refractivity contribution in [2.45, 2.75) is 31.2 Å². The van der Waals surface area contributed by atoms with E-state index in [1.54, 1.807) is 24.1 Å². The number of nitrogens with zero attached hydrogens (tertiary/aromatic N) is 2. The Morgan fingerprint density at radius 1 is 1.10 bits per heavy atom. The number of carbonyl (C=O) groups excluding carboxylic acids is 2. The Hall–Kier alpha value is -2.71. The van der Waals surface area contributed by atoms with E-state index in [1.807, 2.05) is 30.3 Å². The highest BCUT2D eigenvalue weighted by molar-refractivity contribution is 7.89. The van der Waals surface area contributed by atoms with Crippen LogP contribution in [-0.2, 0) is 26.2 Å². The number of carbonyl (C=O) groups is 2. The normalized spacial score (nSPS) is 17.3. The third-order valence-corrected chi connectivity index (χ3v) is 7.06. The van der Waals surface area contributed by atoms with Crippen LogP contribution < -0.4 is 5.32 Å². The summed E-state index contributed by atoms with van der Waals surface area (Å²) in [5, 5.41) is 2.62. The van der Waals surface area contributed by atoms with Crippen LogP contribution in [0.4, 0.5) is 5.69 Å². The fourth-order valence-corrected chi connectivity index (χ4v) is 5.20. The Morgan fingerprint density at radius 2 is 1.77 bits per heavy atom. The van der Waals surface area contributed by atoms with Crippen LogP contribution in [0.1, 0.15) is 25.3 Å². The SMILES string of the molecule is CC(=O)Nc1ccc(S(=O)(=O)N2CCCC(C(=O)N(C)Cc3ccccc3)C2)cc1. The molecule has 2 aromatic rings. The second-order valence-electron chi connectivity index (χ2n) is 7.59. The number of sulfonamides is 1. The highest BCUT2D eigenvalue weighted by Crippen LogP contribution is 2.26. The average molecular weight is 430 g/mol. The van der Waals surface area contributed by atoms with Gasteiger partial charge in [0.05, 0.1) is 10.8 Å². The fourth-order valence-electron chi connectivity index (χ4n) is 3.67. The predicted octanol–water partition coefficient (Wildman–Crippen LogP) is 2.70. The number of benzene rings is 2. The number of piperidine rings is 1. The van der Waals surface area contributed by atoms with Gasteiger partial charge < -0.3 is 10.2 Å². The summed E-state index contributed by atoms with van der Waals surface area (Å²) in [6.07, 6.45) is 1.31. The second kappa shape index (κ2) is 9.40. The van der Waals surface area contributed by atoms with E-state index < -0.39 is 10.0 Å². The van der Waals surface area contributed by atoms with Gasteiger partial charge in [-0.1, -0.05) is 30.3 Å². The van der Waals surface area contributed by atoms with Crippen molar-refractivity contribution < 1.29 is 18.0 Å². The van der Waals surface area contributed by atoms with Crippen LogP contribution in [0.2, 0.25) is 0 Å². The van der Waals surface area contributed by atoms with Gasteiger partial charge in [-0.3, -0.25) is 9.59 Å². The zero-order chi connectivity index (χ0) is 21.7. The topological polar surface area (TPSA) is 86.8 Å². The van der Waals surface area contributed by atoms with E-state index in [9.17, 15) is 18.0 Å². The predicted molar refractivity (Wildman–Crippen MR) is 115 cm³/mol. The first-order chi connectivity index (χ1) is 14.3. The minimum atomic E-state index is -3.71. The van der Waals surface area contributed by atoms with Gasteiger partial charge in [-0.15, -0.1) is 0 Å². The van der Waals surface area contributed by atoms with Crippen molar-refractivity contribution in [2.24, 2.45) is 5.92 Å². The molecule has 0 radical (unpaired) electrons. The van der Waals surface area contributed by atoms with Gasteiger partial charge in [0.2, 0.25) is 21.8 Å². The molecule has 0 spiro atoms.